The molecule has 1 fully saturated rings. The largest absolute Gasteiger partial charge is 0.719 e. The zero-order valence-electron chi connectivity index (χ0n) is 15.5. The number of carbonyl (C=O) groups excluding carboxylic acids is 1. The van der Waals surface area contributed by atoms with Crippen molar-refractivity contribution in [2.45, 2.75) is 77.2 Å². The molecule has 3 N–H and O–H groups in total. The van der Waals surface area contributed by atoms with Gasteiger partial charge in [-0.15, -0.1) is 0 Å². The fourth-order valence-electron chi connectivity index (χ4n) is 3.98. The summed E-state index contributed by atoms with van der Waals surface area (Å²) in [6.45, 7) is 3.96. The van der Waals surface area contributed by atoms with Crippen LogP contribution >= 0.6 is 10.8 Å². The van der Waals surface area contributed by atoms with E-state index in [0.29, 0.717) is 24.7 Å². The van der Waals surface area contributed by atoms with Crippen LogP contribution in [-0.4, -0.2) is 39.8 Å². The molecule has 0 bridgehead atoms. The van der Waals surface area contributed by atoms with E-state index >= 15 is 0 Å². The van der Waals surface area contributed by atoms with Gasteiger partial charge in [-0.05, 0) is 24.7 Å². The first-order valence-corrected chi connectivity index (χ1v) is 11.3. The smallest absolute Gasteiger partial charge is 0.248 e. The minimum atomic E-state index is -1.15. The van der Waals surface area contributed by atoms with Gasteiger partial charge in [0.05, 0.1) is 18.1 Å². The lowest BCUT2D eigenvalue weighted by Crippen LogP contribution is -2.46. The second kappa shape index (κ2) is 12.2. The summed E-state index contributed by atoms with van der Waals surface area (Å²) >= 11 is 4.71. The van der Waals surface area contributed by atoms with Gasteiger partial charge in [0.1, 0.15) is 5.60 Å². The van der Waals surface area contributed by atoms with Gasteiger partial charge < -0.3 is 32.7 Å². The quantitative estimate of drug-likeness (QED) is 0.244. The first kappa shape index (κ1) is 22.8. The fraction of sp³-hybridized carbons (Fsp3) is 0.889. The van der Waals surface area contributed by atoms with E-state index in [9.17, 15) is 15.0 Å². The van der Waals surface area contributed by atoms with Crippen molar-refractivity contribution in [3.8, 4) is 0 Å². The van der Waals surface area contributed by atoms with Crippen LogP contribution in [-0.2, 0) is 16.5 Å². The minimum Gasteiger partial charge on any atom is -0.719 e. The molecule has 0 aromatic rings. The monoisotopic (exact) mass is 389 g/mol. The van der Waals surface area contributed by atoms with E-state index in [1.165, 1.54) is 6.42 Å². The molecule has 0 radical (unpaired) electrons. The van der Waals surface area contributed by atoms with Crippen molar-refractivity contribution >= 4 is 34.1 Å². The van der Waals surface area contributed by atoms with Crippen LogP contribution in [0.15, 0.2) is 5.10 Å². The lowest BCUT2D eigenvalue weighted by atomic mass is 9.72. The fourth-order valence-corrected chi connectivity index (χ4v) is 4.48. The van der Waals surface area contributed by atoms with Crippen molar-refractivity contribution in [3.05, 3.63) is 0 Å². The Morgan fingerprint density at radius 2 is 1.80 bits per heavy atom. The highest BCUT2D eigenvalue weighted by molar-refractivity contribution is 8.59. The van der Waals surface area contributed by atoms with E-state index in [4.69, 9.17) is 11.7 Å². The normalized spacial score (nSPS) is 28.3. The Labute approximate surface area is 161 Å². The molecule has 1 amide bonds. The van der Waals surface area contributed by atoms with Gasteiger partial charge in [0.2, 0.25) is 5.91 Å². The number of hydrogen-bond acceptors (Lipinski definition) is 6. The molecule has 0 aromatic heterocycles. The average molecular weight is 390 g/mol. The van der Waals surface area contributed by atoms with E-state index in [1.54, 1.807) is 0 Å². The lowest BCUT2D eigenvalue weighted by Gasteiger charge is -2.38. The number of hydrogen-bond donors (Lipinski definition) is 3. The Hall–Kier alpha value is -0.240. The van der Waals surface area contributed by atoms with Crippen LogP contribution in [0.25, 0.3) is 0 Å². The molecular formula is C18H33N2O3S2-. The van der Waals surface area contributed by atoms with Crippen molar-refractivity contribution in [1.82, 2.24) is 5.43 Å². The van der Waals surface area contributed by atoms with Gasteiger partial charge in [0.15, 0.2) is 0 Å². The molecule has 0 aromatic carbocycles. The molecule has 7 heteroatoms. The van der Waals surface area contributed by atoms with Crippen LogP contribution in [0.2, 0.25) is 0 Å². The number of amides is 1. The number of aliphatic hydroxyl groups excluding tert-OH is 1. The molecule has 2 atom stereocenters. The van der Waals surface area contributed by atoms with Gasteiger partial charge in [-0.1, -0.05) is 58.8 Å². The Morgan fingerprint density at radius 3 is 2.24 bits per heavy atom. The zero-order valence-corrected chi connectivity index (χ0v) is 17.1. The van der Waals surface area contributed by atoms with Crippen molar-refractivity contribution < 1.29 is 15.0 Å². The summed E-state index contributed by atoms with van der Waals surface area (Å²) in [5.41, 5.74) is 1.56. The molecule has 1 saturated carbocycles. The maximum absolute atomic E-state index is 11.6. The van der Waals surface area contributed by atoms with Crippen molar-refractivity contribution in [2.24, 2.45) is 16.9 Å². The van der Waals surface area contributed by atoms with Gasteiger partial charge in [-0.3, -0.25) is 4.79 Å². The van der Waals surface area contributed by atoms with Crippen LogP contribution < -0.4 is 5.43 Å². The third-order valence-electron chi connectivity index (χ3n) is 5.06. The topological polar surface area (TPSA) is 81.9 Å². The average Bonchev–Trinajstić information content (AvgIpc) is 2.54. The maximum Gasteiger partial charge on any atom is 0.248 e. The number of nitrogens with zero attached hydrogens (tertiary/aromatic N) is 1. The molecule has 1 aliphatic rings. The SMILES string of the molecule is CCCC1CCCC(CCC)CC(O)(/C(CO)=N/NC(=O)CS[S-])C1. The summed E-state index contributed by atoms with van der Waals surface area (Å²) in [4.78, 5) is 11.6. The summed E-state index contributed by atoms with van der Waals surface area (Å²) in [5.74, 6) is 0.671. The van der Waals surface area contributed by atoms with Crippen LogP contribution in [0.5, 0.6) is 0 Å². The van der Waals surface area contributed by atoms with E-state index in [1.807, 2.05) is 0 Å². The molecule has 0 heterocycles. The Balaban J connectivity index is 2.99. The summed E-state index contributed by atoms with van der Waals surface area (Å²) in [5, 5.41) is 25.3. The first-order chi connectivity index (χ1) is 12.0. The number of carbonyl (C=O) groups is 1. The van der Waals surface area contributed by atoms with Gasteiger partial charge in [0.25, 0.3) is 0 Å². The second-order valence-electron chi connectivity index (χ2n) is 7.19. The lowest BCUT2D eigenvalue weighted by molar-refractivity contribution is -0.118. The van der Waals surface area contributed by atoms with E-state index in [2.05, 4.69) is 24.4 Å². The molecule has 146 valence electrons. The molecule has 0 saturated heterocycles. The predicted molar refractivity (Wildman–Crippen MR) is 107 cm³/mol. The first-order valence-electron chi connectivity index (χ1n) is 9.42. The minimum absolute atomic E-state index is 0.132. The van der Waals surface area contributed by atoms with E-state index < -0.39 is 5.60 Å². The highest BCUT2D eigenvalue weighted by Crippen LogP contribution is 2.37. The van der Waals surface area contributed by atoms with Crippen LogP contribution in [0.4, 0.5) is 0 Å². The molecule has 1 rings (SSSR count). The standard InChI is InChI=1S/C18H34N2O3S2/c1-3-6-14-8-5-9-15(7-4-2)11-18(23,10-14)16(12-21)19-20-17(22)13-25-24/h14-15,21,23-24H,3-13H2,1-2H3,(H,20,22)/p-1/b19-16+. The number of hydrazone groups is 1. The van der Waals surface area contributed by atoms with Gasteiger partial charge in [-0.25, -0.2) is 5.43 Å². The van der Waals surface area contributed by atoms with Crippen LogP contribution in [0.3, 0.4) is 0 Å². The van der Waals surface area contributed by atoms with E-state index in [-0.39, 0.29) is 24.0 Å². The van der Waals surface area contributed by atoms with Crippen molar-refractivity contribution in [1.29, 1.82) is 0 Å². The van der Waals surface area contributed by atoms with Crippen LogP contribution in [0.1, 0.15) is 71.6 Å². The Bertz CT molecular complexity index is 417. The van der Waals surface area contributed by atoms with Crippen molar-refractivity contribution in [2.75, 3.05) is 12.4 Å². The number of nitrogens with one attached hydrogen (secondary N) is 1. The zero-order chi connectivity index (χ0) is 18.7. The Kier molecular flexibility index (Phi) is 11.1. The van der Waals surface area contributed by atoms with Gasteiger partial charge in [-0.2, -0.15) is 5.10 Å². The molecule has 0 spiro atoms. The molecule has 25 heavy (non-hydrogen) atoms. The third kappa shape index (κ3) is 7.89. The van der Waals surface area contributed by atoms with E-state index in [0.717, 1.165) is 49.3 Å². The molecule has 5 nitrogen and oxygen atoms in total. The molecule has 0 aliphatic heterocycles. The number of rotatable bonds is 9. The highest BCUT2D eigenvalue weighted by atomic mass is 33.1. The van der Waals surface area contributed by atoms with Gasteiger partial charge >= 0.3 is 0 Å². The highest BCUT2D eigenvalue weighted by Gasteiger charge is 2.39. The predicted octanol–water partition coefficient (Wildman–Crippen LogP) is 3.17. The van der Waals surface area contributed by atoms with Crippen molar-refractivity contribution in [3.63, 3.8) is 0 Å². The van der Waals surface area contributed by atoms with Crippen LogP contribution in [0, 0.1) is 11.8 Å². The number of aliphatic hydroxyl groups is 2. The third-order valence-corrected chi connectivity index (χ3v) is 5.80. The summed E-state index contributed by atoms with van der Waals surface area (Å²) in [6, 6.07) is 0. The summed E-state index contributed by atoms with van der Waals surface area (Å²) in [6.07, 6.45) is 8.91. The molecule has 1 aliphatic carbocycles. The second-order valence-corrected chi connectivity index (χ2v) is 8.43. The summed E-state index contributed by atoms with van der Waals surface area (Å²) < 4.78 is 0. The summed E-state index contributed by atoms with van der Waals surface area (Å²) in [7, 11) is 1.00. The molecule has 2 unspecified atom stereocenters. The van der Waals surface area contributed by atoms with Gasteiger partial charge in [0, 0.05) is 0 Å². The maximum atomic E-state index is 11.6. The Morgan fingerprint density at radius 1 is 1.24 bits per heavy atom. The molecular weight excluding hydrogens is 356 g/mol.